The normalized spacial score (nSPS) is 11.3. The van der Waals surface area contributed by atoms with Gasteiger partial charge in [-0.2, -0.15) is 5.10 Å². The summed E-state index contributed by atoms with van der Waals surface area (Å²) < 4.78 is 0.981. The highest BCUT2D eigenvalue weighted by atomic mass is 79.9. The van der Waals surface area contributed by atoms with Crippen LogP contribution in [0.3, 0.4) is 0 Å². The van der Waals surface area contributed by atoms with E-state index < -0.39 is 0 Å². The van der Waals surface area contributed by atoms with Crippen LogP contribution in [-0.2, 0) is 10.5 Å². The fraction of sp³-hybridized carbons (Fsp3) is 0.176. The van der Waals surface area contributed by atoms with Crippen LogP contribution in [-0.4, -0.2) is 17.4 Å². The number of hydrogen-bond acceptors (Lipinski definition) is 3. The van der Waals surface area contributed by atoms with Crippen LogP contribution in [0.2, 0.25) is 5.02 Å². The molecule has 6 heteroatoms. The molecule has 2 rings (SSSR count). The Bertz CT molecular complexity index is 704. The van der Waals surface area contributed by atoms with E-state index in [-0.39, 0.29) is 5.91 Å². The second-order valence-electron chi connectivity index (χ2n) is 4.86. The van der Waals surface area contributed by atoms with Gasteiger partial charge in [0.2, 0.25) is 5.91 Å². The second kappa shape index (κ2) is 9.11. The molecular weight excluding hydrogens is 396 g/mol. The number of thioether (sulfide) groups is 1. The van der Waals surface area contributed by atoms with E-state index in [0.29, 0.717) is 10.8 Å². The van der Waals surface area contributed by atoms with E-state index in [9.17, 15) is 4.79 Å². The zero-order chi connectivity index (χ0) is 16.7. The number of carbonyl (C=O) groups excluding carboxylic acids is 1. The zero-order valence-corrected chi connectivity index (χ0v) is 15.7. The van der Waals surface area contributed by atoms with Crippen molar-refractivity contribution in [3.8, 4) is 0 Å². The number of carbonyl (C=O) groups is 1. The Hall–Kier alpha value is -1.30. The molecule has 0 aliphatic rings. The van der Waals surface area contributed by atoms with Crippen molar-refractivity contribution in [2.75, 3.05) is 5.75 Å². The van der Waals surface area contributed by atoms with E-state index in [1.165, 1.54) is 11.8 Å². The smallest absolute Gasteiger partial charge is 0.250 e. The lowest BCUT2D eigenvalue weighted by Gasteiger charge is -2.04. The van der Waals surface area contributed by atoms with Crippen LogP contribution in [0, 0.1) is 0 Å². The van der Waals surface area contributed by atoms with Gasteiger partial charge in [-0.3, -0.25) is 4.79 Å². The van der Waals surface area contributed by atoms with Crippen LogP contribution in [0.5, 0.6) is 0 Å². The average Bonchev–Trinajstić information content (AvgIpc) is 2.54. The zero-order valence-electron chi connectivity index (χ0n) is 12.6. The summed E-state index contributed by atoms with van der Waals surface area (Å²) in [4.78, 5) is 11.8. The molecule has 0 heterocycles. The molecule has 0 saturated carbocycles. The summed E-state index contributed by atoms with van der Waals surface area (Å²) in [6, 6.07) is 15.4. The van der Waals surface area contributed by atoms with Crippen molar-refractivity contribution < 1.29 is 4.79 Å². The van der Waals surface area contributed by atoms with Crippen molar-refractivity contribution >= 4 is 50.9 Å². The summed E-state index contributed by atoms with van der Waals surface area (Å²) in [5.74, 6) is 1.01. The summed E-state index contributed by atoms with van der Waals surface area (Å²) in [5, 5.41) is 4.85. The Balaban J connectivity index is 1.78. The van der Waals surface area contributed by atoms with Gasteiger partial charge in [0.25, 0.3) is 0 Å². The number of hydrazone groups is 1. The molecule has 3 nitrogen and oxygen atoms in total. The van der Waals surface area contributed by atoms with Gasteiger partial charge < -0.3 is 0 Å². The lowest BCUT2D eigenvalue weighted by molar-refractivity contribution is -0.118. The average molecular weight is 412 g/mol. The van der Waals surface area contributed by atoms with Crippen molar-refractivity contribution in [1.82, 2.24) is 5.43 Å². The third kappa shape index (κ3) is 6.37. The third-order valence-electron chi connectivity index (χ3n) is 3.01. The van der Waals surface area contributed by atoms with E-state index in [1.807, 2.05) is 55.5 Å². The Kier molecular flexibility index (Phi) is 7.15. The van der Waals surface area contributed by atoms with E-state index in [0.717, 1.165) is 27.1 Å². The minimum Gasteiger partial charge on any atom is -0.272 e. The number of halogens is 2. The first-order chi connectivity index (χ1) is 11.0. The molecule has 23 heavy (non-hydrogen) atoms. The Morgan fingerprint density at radius 2 is 2.00 bits per heavy atom. The molecule has 0 spiro atoms. The van der Waals surface area contributed by atoms with Crippen molar-refractivity contribution in [3.05, 3.63) is 69.2 Å². The number of benzene rings is 2. The molecule has 0 aliphatic carbocycles. The minimum atomic E-state index is -0.113. The van der Waals surface area contributed by atoms with Crippen molar-refractivity contribution in [2.45, 2.75) is 12.7 Å². The quantitative estimate of drug-likeness (QED) is 0.544. The fourth-order valence-electron chi connectivity index (χ4n) is 1.80. The first kappa shape index (κ1) is 18.0. The third-order valence-corrected chi connectivity index (χ3v) is 4.75. The predicted octanol–water partition coefficient (Wildman–Crippen LogP) is 4.88. The molecule has 120 valence electrons. The summed E-state index contributed by atoms with van der Waals surface area (Å²) in [6.45, 7) is 1.86. The largest absolute Gasteiger partial charge is 0.272 e. The van der Waals surface area contributed by atoms with Crippen molar-refractivity contribution in [3.63, 3.8) is 0 Å². The summed E-state index contributed by atoms with van der Waals surface area (Å²) >= 11 is 10.8. The van der Waals surface area contributed by atoms with Gasteiger partial charge in [-0.05, 0) is 42.3 Å². The lowest BCUT2D eigenvalue weighted by Crippen LogP contribution is -2.21. The molecule has 0 fully saturated rings. The molecule has 0 radical (unpaired) electrons. The van der Waals surface area contributed by atoms with E-state index in [1.54, 1.807) is 0 Å². The Morgan fingerprint density at radius 1 is 1.26 bits per heavy atom. The number of hydrogen-bond donors (Lipinski definition) is 1. The molecule has 0 atom stereocenters. The maximum Gasteiger partial charge on any atom is 0.250 e. The highest BCUT2D eigenvalue weighted by Crippen LogP contribution is 2.15. The highest BCUT2D eigenvalue weighted by molar-refractivity contribution is 9.10. The molecule has 2 aromatic carbocycles. The molecular formula is C17H16BrClN2OS. The first-order valence-electron chi connectivity index (χ1n) is 6.96. The topological polar surface area (TPSA) is 41.5 Å². The maximum absolute atomic E-state index is 11.8. The van der Waals surface area contributed by atoms with Gasteiger partial charge in [0.15, 0.2) is 0 Å². The van der Waals surface area contributed by atoms with E-state index in [2.05, 4.69) is 26.5 Å². The maximum atomic E-state index is 11.8. The minimum absolute atomic E-state index is 0.113. The standard InChI is InChI=1S/C17H16BrClN2OS/c1-12(14-3-2-4-15(18)9-14)20-21-17(22)11-23-10-13-5-7-16(19)8-6-13/h2-9H,10-11H2,1H3,(H,21,22)/b20-12-. The Labute approximate surface area is 153 Å². The fourth-order valence-corrected chi connectivity index (χ4v) is 3.10. The molecule has 1 amide bonds. The van der Waals surface area contributed by atoms with Crippen LogP contribution in [0.15, 0.2) is 58.1 Å². The molecule has 0 aliphatic heterocycles. The monoisotopic (exact) mass is 410 g/mol. The van der Waals surface area contributed by atoms with Crippen LogP contribution < -0.4 is 5.43 Å². The Morgan fingerprint density at radius 3 is 2.70 bits per heavy atom. The summed E-state index contributed by atoms with van der Waals surface area (Å²) in [6.07, 6.45) is 0. The van der Waals surface area contributed by atoms with Gasteiger partial charge in [0.05, 0.1) is 11.5 Å². The van der Waals surface area contributed by atoms with Gasteiger partial charge >= 0.3 is 0 Å². The highest BCUT2D eigenvalue weighted by Gasteiger charge is 2.03. The van der Waals surface area contributed by atoms with Crippen molar-refractivity contribution in [2.24, 2.45) is 5.10 Å². The molecule has 1 N–H and O–H groups in total. The molecule has 0 bridgehead atoms. The second-order valence-corrected chi connectivity index (χ2v) is 7.20. The molecule has 2 aromatic rings. The predicted molar refractivity (Wildman–Crippen MR) is 102 cm³/mol. The summed E-state index contributed by atoms with van der Waals surface area (Å²) in [5.41, 5.74) is 5.46. The van der Waals surface area contributed by atoms with Crippen LogP contribution in [0.4, 0.5) is 0 Å². The number of nitrogens with one attached hydrogen (secondary N) is 1. The van der Waals surface area contributed by atoms with Crippen molar-refractivity contribution in [1.29, 1.82) is 0 Å². The molecule has 0 saturated heterocycles. The van der Waals surface area contributed by atoms with Gasteiger partial charge in [-0.15, -0.1) is 11.8 Å². The number of rotatable bonds is 6. The van der Waals surface area contributed by atoms with Crippen LogP contribution in [0.1, 0.15) is 18.1 Å². The lowest BCUT2D eigenvalue weighted by atomic mass is 10.1. The SMILES string of the molecule is C/C(=N/NC(=O)CSCc1ccc(Cl)cc1)c1cccc(Br)c1. The van der Waals surface area contributed by atoms with Gasteiger partial charge in [0, 0.05) is 15.2 Å². The van der Waals surface area contributed by atoms with E-state index in [4.69, 9.17) is 11.6 Å². The van der Waals surface area contributed by atoms with Crippen LogP contribution in [0.25, 0.3) is 0 Å². The molecule has 0 aromatic heterocycles. The first-order valence-corrected chi connectivity index (χ1v) is 9.28. The van der Waals surface area contributed by atoms with Gasteiger partial charge in [-0.1, -0.05) is 51.8 Å². The van der Waals surface area contributed by atoms with Gasteiger partial charge in [-0.25, -0.2) is 5.43 Å². The number of amides is 1. The summed E-state index contributed by atoms with van der Waals surface area (Å²) in [7, 11) is 0. The molecule has 0 unspecified atom stereocenters. The van der Waals surface area contributed by atoms with Crippen LogP contribution >= 0.6 is 39.3 Å². The van der Waals surface area contributed by atoms with E-state index >= 15 is 0 Å². The van der Waals surface area contributed by atoms with Gasteiger partial charge in [0.1, 0.15) is 0 Å². The number of nitrogens with zero attached hydrogens (tertiary/aromatic N) is 1.